The number of anilines is 2. The number of nitrogens with two attached hydrogens (primary N) is 1. The minimum atomic E-state index is 0.0450. The van der Waals surface area contributed by atoms with Crippen LogP contribution in [0.4, 0.5) is 11.4 Å². The summed E-state index contributed by atoms with van der Waals surface area (Å²) in [5.74, 6) is 0. The molecule has 2 rings (SSSR count). The fourth-order valence-electron chi connectivity index (χ4n) is 1.71. The van der Waals surface area contributed by atoms with E-state index in [-0.39, 0.29) is 6.61 Å². The van der Waals surface area contributed by atoms with Gasteiger partial charge in [-0.2, -0.15) is 0 Å². The van der Waals surface area contributed by atoms with Crippen molar-refractivity contribution >= 4 is 34.6 Å². The molecule has 5 heteroatoms. The molecular weight excluding hydrogens is 283 g/mol. The highest BCUT2D eigenvalue weighted by molar-refractivity contribution is 6.39. The van der Waals surface area contributed by atoms with E-state index < -0.39 is 0 Å². The number of rotatable bonds is 4. The third-order valence-corrected chi connectivity index (χ3v) is 3.34. The molecule has 0 spiro atoms. The Morgan fingerprint density at radius 3 is 2.05 bits per heavy atom. The van der Waals surface area contributed by atoms with Crippen molar-refractivity contribution in [1.82, 2.24) is 0 Å². The highest BCUT2D eigenvalue weighted by atomic mass is 35.5. The predicted octanol–water partition coefficient (Wildman–Crippen LogP) is 3.68. The summed E-state index contributed by atoms with van der Waals surface area (Å²) in [5, 5.41) is 13.1. The molecule has 0 amide bonds. The number of hydrogen-bond donors (Lipinski definition) is 3. The van der Waals surface area contributed by atoms with Crippen LogP contribution in [0.15, 0.2) is 36.4 Å². The molecule has 100 valence electrons. The van der Waals surface area contributed by atoms with Gasteiger partial charge >= 0.3 is 0 Å². The molecule has 0 bridgehead atoms. The van der Waals surface area contributed by atoms with Crippen LogP contribution in [0.5, 0.6) is 0 Å². The van der Waals surface area contributed by atoms with Crippen molar-refractivity contribution < 1.29 is 5.11 Å². The van der Waals surface area contributed by atoms with E-state index in [9.17, 15) is 0 Å². The third-order valence-electron chi connectivity index (χ3n) is 2.74. The Hall–Kier alpha value is -1.42. The third kappa shape index (κ3) is 3.53. The van der Waals surface area contributed by atoms with Crippen LogP contribution in [0.25, 0.3) is 0 Å². The van der Waals surface area contributed by atoms with Crippen molar-refractivity contribution in [2.75, 3.05) is 11.1 Å². The average Bonchev–Trinajstić information content (AvgIpc) is 2.38. The van der Waals surface area contributed by atoms with Crippen LogP contribution in [0.2, 0.25) is 10.0 Å². The van der Waals surface area contributed by atoms with E-state index in [0.29, 0.717) is 28.0 Å². The summed E-state index contributed by atoms with van der Waals surface area (Å²) in [7, 11) is 0. The molecule has 0 atom stereocenters. The molecule has 0 aliphatic rings. The Morgan fingerprint density at radius 2 is 1.53 bits per heavy atom. The molecule has 0 saturated carbocycles. The predicted molar refractivity (Wildman–Crippen MR) is 80.6 cm³/mol. The van der Waals surface area contributed by atoms with Crippen LogP contribution in [-0.4, -0.2) is 5.11 Å². The lowest BCUT2D eigenvalue weighted by atomic mass is 10.1. The molecule has 0 saturated heterocycles. The molecule has 0 aromatic heterocycles. The van der Waals surface area contributed by atoms with Gasteiger partial charge < -0.3 is 16.2 Å². The van der Waals surface area contributed by atoms with Crippen molar-refractivity contribution in [3.05, 3.63) is 57.6 Å². The van der Waals surface area contributed by atoms with Gasteiger partial charge in [-0.1, -0.05) is 47.5 Å². The molecule has 4 N–H and O–H groups in total. The van der Waals surface area contributed by atoms with E-state index in [1.54, 1.807) is 12.1 Å². The number of nitrogen functional groups attached to an aromatic ring is 1. The second-order valence-corrected chi connectivity index (χ2v) is 5.00. The van der Waals surface area contributed by atoms with Gasteiger partial charge in [-0.05, 0) is 23.3 Å². The smallest absolute Gasteiger partial charge is 0.0723 e. The van der Waals surface area contributed by atoms with E-state index >= 15 is 0 Å². The van der Waals surface area contributed by atoms with Gasteiger partial charge in [-0.25, -0.2) is 0 Å². The molecule has 2 aromatic carbocycles. The second kappa shape index (κ2) is 6.15. The summed E-state index contributed by atoms with van der Waals surface area (Å²) in [6.07, 6.45) is 0. The zero-order valence-electron chi connectivity index (χ0n) is 10.2. The lowest BCUT2D eigenvalue weighted by Gasteiger charge is -2.11. The van der Waals surface area contributed by atoms with Crippen LogP contribution >= 0.6 is 23.2 Å². The number of halogens is 2. The molecule has 0 radical (unpaired) electrons. The zero-order valence-corrected chi connectivity index (χ0v) is 11.7. The van der Waals surface area contributed by atoms with Crippen LogP contribution in [0.1, 0.15) is 11.1 Å². The van der Waals surface area contributed by atoms with Gasteiger partial charge in [-0.3, -0.25) is 0 Å². The maximum atomic E-state index is 8.97. The second-order valence-electron chi connectivity index (χ2n) is 4.19. The zero-order chi connectivity index (χ0) is 13.8. The Balaban J connectivity index is 2.10. The van der Waals surface area contributed by atoms with Gasteiger partial charge in [0.25, 0.3) is 0 Å². The van der Waals surface area contributed by atoms with Gasteiger partial charge in [0.05, 0.1) is 22.3 Å². The van der Waals surface area contributed by atoms with E-state index in [1.165, 1.54) is 0 Å². The first kappa shape index (κ1) is 14.0. The number of benzene rings is 2. The Labute approximate surface area is 122 Å². The van der Waals surface area contributed by atoms with Crippen LogP contribution in [-0.2, 0) is 13.2 Å². The summed E-state index contributed by atoms with van der Waals surface area (Å²) >= 11 is 12.2. The minimum Gasteiger partial charge on any atom is -0.399 e. The Bertz CT molecular complexity index is 547. The van der Waals surface area contributed by atoms with E-state index in [4.69, 9.17) is 34.0 Å². The average molecular weight is 297 g/mol. The van der Waals surface area contributed by atoms with Crippen molar-refractivity contribution in [2.24, 2.45) is 0 Å². The largest absolute Gasteiger partial charge is 0.399 e. The maximum absolute atomic E-state index is 8.97. The highest BCUT2D eigenvalue weighted by Crippen LogP contribution is 2.33. The maximum Gasteiger partial charge on any atom is 0.0723 e. The monoisotopic (exact) mass is 296 g/mol. The molecule has 0 fully saturated rings. The van der Waals surface area contributed by atoms with Crippen LogP contribution in [0.3, 0.4) is 0 Å². The SMILES string of the molecule is Nc1cc(Cl)c(NCc2ccc(CO)cc2)c(Cl)c1. The molecule has 2 aromatic rings. The number of aliphatic hydroxyl groups excluding tert-OH is 1. The van der Waals surface area contributed by atoms with Gasteiger partial charge in [0.15, 0.2) is 0 Å². The number of hydrogen-bond acceptors (Lipinski definition) is 3. The summed E-state index contributed by atoms with van der Waals surface area (Å²) in [5.41, 5.74) is 8.80. The highest BCUT2D eigenvalue weighted by Gasteiger charge is 2.06. The molecule has 0 unspecified atom stereocenters. The molecule has 0 aliphatic heterocycles. The van der Waals surface area contributed by atoms with Crippen LogP contribution in [0, 0.1) is 0 Å². The van der Waals surface area contributed by atoms with E-state index in [1.807, 2.05) is 24.3 Å². The standard InChI is InChI=1S/C14H14Cl2N2O/c15-12-5-11(17)6-13(16)14(12)18-7-9-1-3-10(8-19)4-2-9/h1-6,18-19H,7-8,17H2. The first-order valence-corrected chi connectivity index (χ1v) is 6.53. The van der Waals surface area contributed by atoms with E-state index in [2.05, 4.69) is 5.32 Å². The van der Waals surface area contributed by atoms with Crippen molar-refractivity contribution in [2.45, 2.75) is 13.2 Å². The lowest BCUT2D eigenvalue weighted by molar-refractivity contribution is 0.282. The quantitative estimate of drug-likeness (QED) is 0.754. The summed E-state index contributed by atoms with van der Waals surface area (Å²) in [4.78, 5) is 0. The Kier molecular flexibility index (Phi) is 4.53. The topological polar surface area (TPSA) is 58.3 Å². The normalized spacial score (nSPS) is 10.5. The fourth-order valence-corrected chi connectivity index (χ4v) is 2.35. The molecule has 0 aliphatic carbocycles. The minimum absolute atomic E-state index is 0.0450. The molecule has 3 nitrogen and oxygen atoms in total. The van der Waals surface area contributed by atoms with Gasteiger partial charge in [-0.15, -0.1) is 0 Å². The summed E-state index contributed by atoms with van der Waals surface area (Å²) < 4.78 is 0. The Morgan fingerprint density at radius 1 is 1.00 bits per heavy atom. The van der Waals surface area contributed by atoms with Crippen molar-refractivity contribution in [3.63, 3.8) is 0 Å². The molecular formula is C14H14Cl2N2O. The molecule has 19 heavy (non-hydrogen) atoms. The molecule has 0 heterocycles. The summed E-state index contributed by atoms with van der Waals surface area (Å²) in [6.45, 7) is 0.637. The first-order valence-electron chi connectivity index (χ1n) is 5.77. The lowest BCUT2D eigenvalue weighted by Crippen LogP contribution is -2.01. The van der Waals surface area contributed by atoms with Gasteiger partial charge in [0, 0.05) is 12.2 Å². The number of aliphatic hydroxyl groups is 1. The van der Waals surface area contributed by atoms with Gasteiger partial charge in [0.2, 0.25) is 0 Å². The van der Waals surface area contributed by atoms with E-state index in [0.717, 1.165) is 11.1 Å². The van der Waals surface area contributed by atoms with Crippen LogP contribution < -0.4 is 11.1 Å². The van der Waals surface area contributed by atoms with Gasteiger partial charge in [0.1, 0.15) is 0 Å². The number of nitrogens with one attached hydrogen (secondary N) is 1. The van der Waals surface area contributed by atoms with Crippen molar-refractivity contribution in [3.8, 4) is 0 Å². The first-order chi connectivity index (χ1) is 9.10. The summed E-state index contributed by atoms with van der Waals surface area (Å²) in [6, 6.07) is 11.0. The fraction of sp³-hybridized carbons (Fsp3) is 0.143. The van der Waals surface area contributed by atoms with Crippen molar-refractivity contribution in [1.29, 1.82) is 0 Å².